The predicted octanol–water partition coefficient (Wildman–Crippen LogP) is 4.52. The Kier molecular flexibility index (Phi) is 4.86. The van der Waals surface area contributed by atoms with Gasteiger partial charge in [0.15, 0.2) is 5.82 Å². The van der Waals surface area contributed by atoms with Crippen molar-refractivity contribution in [3.05, 3.63) is 59.5 Å². The number of pyridine rings is 1. The molecule has 0 atom stereocenters. The number of fused-ring (bicyclic) bond motifs is 1. The van der Waals surface area contributed by atoms with E-state index in [1.807, 2.05) is 10.7 Å². The second-order valence-corrected chi connectivity index (χ2v) is 7.62. The van der Waals surface area contributed by atoms with Gasteiger partial charge in [-0.1, -0.05) is 31.5 Å². The van der Waals surface area contributed by atoms with Gasteiger partial charge in [0.2, 0.25) is 0 Å². The maximum atomic E-state index is 6.03. The molecule has 0 amide bonds. The lowest BCUT2D eigenvalue weighted by Gasteiger charge is -2.14. The van der Waals surface area contributed by atoms with Gasteiger partial charge in [-0.15, -0.1) is 0 Å². The number of hydrogen-bond donors (Lipinski definition) is 1. The molecule has 28 heavy (non-hydrogen) atoms. The molecule has 0 spiro atoms. The molecule has 0 saturated heterocycles. The van der Waals surface area contributed by atoms with E-state index in [2.05, 4.69) is 66.9 Å². The number of nitrogens with one attached hydrogen (secondary N) is 1. The van der Waals surface area contributed by atoms with Crippen LogP contribution in [0.1, 0.15) is 30.7 Å². The van der Waals surface area contributed by atoms with Crippen molar-refractivity contribution >= 4 is 11.0 Å². The molecular formula is C22H25N5O. The molecular weight excluding hydrogens is 350 g/mol. The smallest absolute Gasteiger partial charge is 0.159 e. The van der Waals surface area contributed by atoms with Crippen molar-refractivity contribution in [1.82, 2.24) is 24.7 Å². The average Bonchev–Trinajstić information content (AvgIpc) is 3.24. The molecule has 6 heteroatoms. The first-order valence-corrected chi connectivity index (χ1v) is 9.56. The van der Waals surface area contributed by atoms with Gasteiger partial charge in [0, 0.05) is 17.5 Å². The molecule has 1 N–H and O–H groups in total. The molecule has 1 aromatic carbocycles. The van der Waals surface area contributed by atoms with Crippen LogP contribution in [0.3, 0.4) is 0 Å². The first-order valence-electron chi connectivity index (χ1n) is 9.56. The standard InChI is InChI=1S/C22H25N5O/c1-14(2)13-28-21-6-5-15(3)9-17(21)12-27-16(4)10-19(26-27)22-24-18-7-8-23-11-20(18)25-22/h5-11,14H,12-13H2,1-4H3,(H,24,25). The minimum Gasteiger partial charge on any atom is -0.493 e. The fraction of sp³-hybridized carbons (Fsp3) is 0.318. The number of benzene rings is 1. The van der Waals surface area contributed by atoms with Crippen LogP contribution in [-0.4, -0.2) is 31.3 Å². The Morgan fingerprint density at radius 2 is 2.00 bits per heavy atom. The minimum absolute atomic E-state index is 0.481. The van der Waals surface area contributed by atoms with Gasteiger partial charge in [-0.3, -0.25) is 9.67 Å². The maximum absolute atomic E-state index is 6.03. The van der Waals surface area contributed by atoms with Crippen LogP contribution < -0.4 is 4.74 Å². The van der Waals surface area contributed by atoms with Crippen LogP contribution in [-0.2, 0) is 6.54 Å². The van der Waals surface area contributed by atoms with Gasteiger partial charge >= 0.3 is 0 Å². The molecule has 4 aromatic rings. The maximum Gasteiger partial charge on any atom is 0.159 e. The summed E-state index contributed by atoms with van der Waals surface area (Å²) in [5.74, 6) is 2.16. The van der Waals surface area contributed by atoms with Crippen molar-refractivity contribution in [1.29, 1.82) is 0 Å². The summed E-state index contributed by atoms with van der Waals surface area (Å²) in [6, 6.07) is 10.3. The molecule has 0 unspecified atom stereocenters. The SMILES string of the molecule is Cc1ccc(OCC(C)C)c(Cn2nc(-c3nc4ccncc4[nH]3)cc2C)c1. The van der Waals surface area contributed by atoms with Gasteiger partial charge in [0.05, 0.1) is 30.4 Å². The first-order chi connectivity index (χ1) is 13.5. The summed E-state index contributed by atoms with van der Waals surface area (Å²) < 4.78 is 8.03. The zero-order valence-corrected chi connectivity index (χ0v) is 16.7. The van der Waals surface area contributed by atoms with Gasteiger partial charge in [-0.05, 0) is 38.0 Å². The molecule has 6 nitrogen and oxygen atoms in total. The van der Waals surface area contributed by atoms with Crippen molar-refractivity contribution in [2.24, 2.45) is 5.92 Å². The van der Waals surface area contributed by atoms with Gasteiger partial charge < -0.3 is 9.72 Å². The normalized spacial score (nSPS) is 11.5. The van der Waals surface area contributed by atoms with E-state index in [1.165, 1.54) is 5.56 Å². The fourth-order valence-corrected chi connectivity index (χ4v) is 3.15. The van der Waals surface area contributed by atoms with Gasteiger partial charge in [-0.25, -0.2) is 4.98 Å². The van der Waals surface area contributed by atoms with Crippen LogP contribution in [0.2, 0.25) is 0 Å². The molecule has 0 aliphatic rings. The number of ether oxygens (including phenoxy) is 1. The van der Waals surface area contributed by atoms with Crippen LogP contribution >= 0.6 is 0 Å². The van der Waals surface area contributed by atoms with E-state index < -0.39 is 0 Å². The molecule has 0 aliphatic carbocycles. The van der Waals surface area contributed by atoms with Gasteiger partial charge in [-0.2, -0.15) is 5.10 Å². The number of nitrogens with zero attached hydrogens (tertiary/aromatic N) is 4. The number of hydrogen-bond acceptors (Lipinski definition) is 4. The number of aromatic amines is 1. The lowest BCUT2D eigenvalue weighted by atomic mass is 10.1. The number of aromatic nitrogens is 5. The third kappa shape index (κ3) is 3.76. The predicted molar refractivity (Wildman–Crippen MR) is 110 cm³/mol. The van der Waals surface area contributed by atoms with Gasteiger partial charge in [0.1, 0.15) is 11.4 Å². The lowest BCUT2D eigenvalue weighted by Crippen LogP contribution is -2.09. The molecule has 3 heterocycles. The Hall–Kier alpha value is -3.15. The molecule has 3 aromatic heterocycles. The summed E-state index contributed by atoms with van der Waals surface area (Å²) in [6.07, 6.45) is 3.52. The highest BCUT2D eigenvalue weighted by Crippen LogP contribution is 2.24. The second-order valence-electron chi connectivity index (χ2n) is 7.62. The van der Waals surface area contributed by atoms with Crippen molar-refractivity contribution in [3.8, 4) is 17.3 Å². The van der Waals surface area contributed by atoms with Crippen LogP contribution in [0.5, 0.6) is 5.75 Å². The summed E-state index contributed by atoms with van der Waals surface area (Å²) in [5.41, 5.74) is 6.04. The number of imidazole rings is 1. The van der Waals surface area contributed by atoms with Crippen molar-refractivity contribution < 1.29 is 4.74 Å². The number of H-pyrrole nitrogens is 1. The summed E-state index contributed by atoms with van der Waals surface area (Å²) in [5, 5.41) is 4.78. The van der Waals surface area contributed by atoms with E-state index in [9.17, 15) is 0 Å². The minimum atomic E-state index is 0.481. The van der Waals surface area contributed by atoms with E-state index in [4.69, 9.17) is 9.84 Å². The zero-order valence-electron chi connectivity index (χ0n) is 16.7. The Balaban J connectivity index is 1.63. The lowest BCUT2D eigenvalue weighted by molar-refractivity contribution is 0.268. The Bertz CT molecular complexity index is 1080. The zero-order chi connectivity index (χ0) is 19.7. The van der Waals surface area contributed by atoms with Crippen LogP contribution in [0.25, 0.3) is 22.6 Å². The van der Waals surface area contributed by atoms with Gasteiger partial charge in [0.25, 0.3) is 0 Å². The van der Waals surface area contributed by atoms with Crippen molar-refractivity contribution in [2.45, 2.75) is 34.2 Å². The van der Waals surface area contributed by atoms with Crippen molar-refractivity contribution in [2.75, 3.05) is 6.61 Å². The second kappa shape index (κ2) is 7.46. The van der Waals surface area contributed by atoms with E-state index in [-0.39, 0.29) is 0 Å². The third-order valence-corrected chi connectivity index (χ3v) is 4.62. The highest BCUT2D eigenvalue weighted by molar-refractivity contribution is 5.77. The van der Waals surface area contributed by atoms with E-state index >= 15 is 0 Å². The monoisotopic (exact) mass is 375 g/mol. The molecule has 144 valence electrons. The Morgan fingerprint density at radius 1 is 1.14 bits per heavy atom. The number of rotatable bonds is 6. The summed E-state index contributed by atoms with van der Waals surface area (Å²) in [4.78, 5) is 12.1. The molecule has 0 fully saturated rings. The molecule has 4 rings (SSSR count). The van der Waals surface area contributed by atoms with E-state index in [0.29, 0.717) is 19.1 Å². The van der Waals surface area contributed by atoms with Crippen LogP contribution in [0, 0.1) is 19.8 Å². The largest absolute Gasteiger partial charge is 0.493 e. The highest BCUT2D eigenvalue weighted by atomic mass is 16.5. The highest BCUT2D eigenvalue weighted by Gasteiger charge is 2.13. The summed E-state index contributed by atoms with van der Waals surface area (Å²) >= 11 is 0. The van der Waals surface area contributed by atoms with Crippen LogP contribution in [0.15, 0.2) is 42.7 Å². The topological polar surface area (TPSA) is 68.6 Å². The molecule has 0 radical (unpaired) electrons. The molecule has 0 saturated carbocycles. The van der Waals surface area contributed by atoms with E-state index in [1.54, 1.807) is 12.4 Å². The third-order valence-electron chi connectivity index (χ3n) is 4.62. The molecule has 0 bridgehead atoms. The Morgan fingerprint density at radius 3 is 2.79 bits per heavy atom. The summed E-state index contributed by atoms with van der Waals surface area (Å²) in [6.45, 7) is 9.82. The fourth-order valence-electron chi connectivity index (χ4n) is 3.15. The first kappa shape index (κ1) is 18.2. The van der Waals surface area contributed by atoms with Crippen LogP contribution in [0.4, 0.5) is 0 Å². The van der Waals surface area contributed by atoms with Crippen molar-refractivity contribution in [3.63, 3.8) is 0 Å². The Labute approximate surface area is 164 Å². The average molecular weight is 375 g/mol. The molecule has 0 aliphatic heterocycles. The quantitative estimate of drug-likeness (QED) is 0.538. The number of aryl methyl sites for hydroxylation is 2. The van der Waals surface area contributed by atoms with E-state index in [0.717, 1.165) is 39.6 Å². The summed E-state index contributed by atoms with van der Waals surface area (Å²) in [7, 11) is 0.